The van der Waals surface area contributed by atoms with E-state index in [0.29, 0.717) is 6.42 Å². The highest BCUT2D eigenvalue weighted by Crippen LogP contribution is 2.14. The zero-order valence-electron chi connectivity index (χ0n) is 11.1. The molecule has 4 nitrogen and oxygen atoms in total. The van der Waals surface area contributed by atoms with Crippen molar-refractivity contribution >= 4 is 5.91 Å². The highest BCUT2D eigenvalue weighted by atomic mass is 16.3. The van der Waals surface area contributed by atoms with Gasteiger partial charge < -0.3 is 15.7 Å². The molecular weight excluding hydrogens is 204 g/mol. The van der Waals surface area contributed by atoms with Gasteiger partial charge in [-0.15, -0.1) is 0 Å². The average Bonchev–Trinajstić information content (AvgIpc) is 2.17. The van der Waals surface area contributed by atoms with Crippen LogP contribution in [0.5, 0.6) is 0 Å². The van der Waals surface area contributed by atoms with Crippen molar-refractivity contribution < 1.29 is 9.90 Å². The van der Waals surface area contributed by atoms with E-state index >= 15 is 0 Å². The number of hydrogen-bond acceptors (Lipinski definition) is 3. The second kappa shape index (κ2) is 6.86. The van der Waals surface area contributed by atoms with E-state index in [0.717, 1.165) is 6.42 Å². The van der Waals surface area contributed by atoms with Crippen LogP contribution in [0.25, 0.3) is 0 Å². The Kier molecular flexibility index (Phi) is 6.60. The Morgan fingerprint density at radius 1 is 1.38 bits per heavy atom. The molecule has 0 saturated heterocycles. The van der Waals surface area contributed by atoms with Crippen LogP contribution < -0.4 is 10.6 Å². The maximum absolute atomic E-state index is 11.7. The van der Waals surface area contributed by atoms with Gasteiger partial charge in [-0.1, -0.05) is 6.92 Å². The largest absolute Gasteiger partial charge is 0.396 e. The van der Waals surface area contributed by atoms with E-state index in [2.05, 4.69) is 17.6 Å². The minimum Gasteiger partial charge on any atom is -0.396 e. The van der Waals surface area contributed by atoms with Crippen molar-refractivity contribution in [2.45, 2.75) is 65.1 Å². The molecule has 0 aromatic rings. The lowest BCUT2D eigenvalue weighted by molar-refractivity contribution is -0.123. The van der Waals surface area contributed by atoms with E-state index in [-0.39, 0.29) is 30.1 Å². The van der Waals surface area contributed by atoms with Gasteiger partial charge in [-0.3, -0.25) is 4.79 Å². The number of amides is 1. The molecule has 16 heavy (non-hydrogen) atoms. The molecule has 0 aliphatic carbocycles. The third kappa shape index (κ3) is 5.47. The number of nitrogens with one attached hydrogen (secondary N) is 2. The second-order valence-corrected chi connectivity index (χ2v) is 4.92. The van der Waals surface area contributed by atoms with Gasteiger partial charge in [-0.05, 0) is 40.5 Å². The van der Waals surface area contributed by atoms with Crippen molar-refractivity contribution in [3.63, 3.8) is 0 Å². The van der Waals surface area contributed by atoms with Gasteiger partial charge in [0.2, 0.25) is 5.91 Å². The molecule has 0 aliphatic rings. The highest BCUT2D eigenvalue weighted by molar-refractivity contribution is 5.81. The molecule has 0 radical (unpaired) electrons. The van der Waals surface area contributed by atoms with E-state index < -0.39 is 0 Å². The first kappa shape index (κ1) is 15.4. The van der Waals surface area contributed by atoms with Crippen LogP contribution in [0.4, 0.5) is 0 Å². The Morgan fingerprint density at radius 2 is 1.94 bits per heavy atom. The lowest BCUT2D eigenvalue weighted by Gasteiger charge is -2.32. The Morgan fingerprint density at radius 3 is 2.31 bits per heavy atom. The molecular formula is C12H26N2O2. The van der Waals surface area contributed by atoms with Crippen LogP contribution in [0.2, 0.25) is 0 Å². The molecule has 0 spiro atoms. The summed E-state index contributed by atoms with van der Waals surface area (Å²) in [4.78, 5) is 11.7. The average molecular weight is 230 g/mol. The van der Waals surface area contributed by atoms with Crippen LogP contribution in [0.1, 0.15) is 47.5 Å². The smallest absolute Gasteiger partial charge is 0.237 e. The minimum absolute atomic E-state index is 0.00705. The molecule has 0 aliphatic heterocycles. The summed E-state index contributed by atoms with van der Waals surface area (Å²) in [6, 6.07) is -0.0821. The lowest BCUT2D eigenvalue weighted by atomic mass is 9.94. The first-order valence-corrected chi connectivity index (χ1v) is 6.03. The van der Waals surface area contributed by atoms with Gasteiger partial charge in [0.05, 0.1) is 6.04 Å². The molecule has 0 aromatic carbocycles. The molecule has 2 unspecified atom stereocenters. The number of carbonyl (C=O) groups is 1. The van der Waals surface area contributed by atoms with Gasteiger partial charge >= 0.3 is 0 Å². The van der Waals surface area contributed by atoms with Gasteiger partial charge in [-0.2, -0.15) is 0 Å². The van der Waals surface area contributed by atoms with E-state index in [1.807, 2.05) is 27.7 Å². The first-order chi connectivity index (χ1) is 7.34. The zero-order chi connectivity index (χ0) is 12.8. The van der Waals surface area contributed by atoms with Gasteiger partial charge in [0.25, 0.3) is 0 Å². The van der Waals surface area contributed by atoms with Crippen LogP contribution >= 0.6 is 0 Å². The summed E-state index contributed by atoms with van der Waals surface area (Å²) >= 11 is 0. The van der Waals surface area contributed by atoms with Gasteiger partial charge in [0.1, 0.15) is 0 Å². The topological polar surface area (TPSA) is 61.4 Å². The van der Waals surface area contributed by atoms with E-state index in [1.54, 1.807) is 0 Å². The third-order valence-corrected chi connectivity index (χ3v) is 2.83. The molecule has 0 saturated carbocycles. The molecule has 96 valence electrons. The van der Waals surface area contributed by atoms with Crippen LogP contribution in [0, 0.1) is 0 Å². The van der Waals surface area contributed by atoms with E-state index in [1.165, 1.54) is 0 Å². The Labute approximate surface area is 98.8 Å². The van der Waals surface area contributed by atoms with Crippen molar-refractivity contribution in [2.75, 3.05) is 6.61 Å². The summed E-state index contributed by atoms with van der Waals surface area (Å²) in [6.07, 6.45) is 1.54. The lowest BCUT2D eigenvalue weighted by Crippen LogP contribution is -2.53. The van der Waals surface area contributed by atoms with Crippen LogP contribution in [0.15, 0.2) is 0 Å². The zero-order valence-corrected chi connectivity index (χ0v) is 11.1. The fourth-order valence-electron chi connectivity index (χ4n) is 1.60. The van der Waals surface area contributed by atoms with Gasteiger partial charge in [-0.25, -0.2) is 0 Å². The Balaban J connectivity index is 4.29. The van der Waals surface area contributed by atoms with Crippen LogP contribution in [-0.4, -0.2) is 35.2 Å². The molecule has 3 N–H and O–H groups in total. The first-order valence-electron chi connectivity index (χ1n) is 6.03. The second-order valence-electron chi connectivity index (χ2n) is 4.92. The maximum atomic E-state index is 11.7. The van der Waals surface area contributed by atoms with Gasteiger partial charge in [0, 0.05) is 18.2 Å². The number of carbonyl (C=O) groups excluding carboxylic acids is 1. The van der Waals surface area contributed by atoms with Crippen molar-refractivity contribution in [2.24, 2.45) is 0 Å². The standard InChI is InChI=1S/C12H26N2O2/c1-6-12(5,7-8-15)14-10(4)11(16)13-9(2)3/h9-10,14-15H,6-8H2,1-5H3,(H,13,16). The summed E-state index contributed by atoms with van der Waals surface area (Å²) in [6.45, 7) is 9.95. The fraction of sp³-hybridized carbons (Fsp3) is 0.917. The predicted molar refractivity (Wildman–Crippen MR) is 66.3 cm³/mol. The molecule has 0 heterocycles. The van der Waals surface area contributed by atoms with Crippen molar-refractivity contribution in [1.29, 1.82) is 0 Å². The monoisotopic (exact) mass is 230 g/mol. The molecule has 2 atom stereocenters. The van der Waals surface area contributed by atoms with Crippen LogP contribution in [0.3, 0.4) is 0 Å². The molecule has 0 rings (SSSR count). The maximum Gasteiger partial charge on any atom is 0.237 e. The fourth-order valence-corrected chi connectivity index (χ4v) is 1.60. The van der Waals surface area contributed by atoms with E-state index in [9.17, 15) is 4.79 Å². The molecule has 0 aromatic heterocycles. The number of aliphatic hydroxyl groups excluding tert-OH is 1. The summed E-state index contributed by atoms with van der Waals surface area (Å²) in [5.41, 5.74) is -0.178. The van der Waals surface area contributed by atoms with Crippen molar-refractivity contribution in [1.82, 2.24) is 10.6 Å². The quantitative estimate of drug-likeness (QED) is 0.612. The van der Waals surface area contributed by atoms with Crippen LogP contribution in [-0.2, 0) is 4.79 Å². The third-order valence-electron chi connectivity index (χ3n) is 2.83. The summed E-state index contributed by atoms with van der Waals surface area (Å²) < 4.78 is 0. The normalized spacial score (nSPS) is 16.9. The SMILES string of the molecule is CCC(C)(CCO)NC(C)C(=O)NC(C)C. The summed E-state index contributed by atoms with van der Waals surface area (Å²) in [7, 11) is 0. The van der Waals surface area contributed by atoms with Gasteiger partial charge in [0.15, 0.2) is 0 Å². The summed E-state index contributed by atoms with van der Waals surface area (Å²) in [5, 5.41) is 15.1. The number of aliphatic hydroxyl groups is 1. The molecule has 0 bridgehead atoms. The molecule has 4 heteroatoms. The molecule has 1 amide bonds. The predicted octanol–water partition coefficient (Wildman–Crippen LogP) is 1.04. The number of hydrogen-bond donors (Lipinski definition) is 3. The van der Waals surface area contributed by atoms with Crippen molar-refractivity contribution in [3.05, 3.63) is 0 Å². The Hall–Kier alpha value is -0.610. The summed E-state index contributed by atoms with van der Waals surface area (Å²) in [5.74, 6) is 0.00705. The molecule has 0 fully saturated rings. The number of rotatable bonds is 7. The minimum atomic E-state index is -0.237. The van der Waals surface area contributed by atoms with Crippen molar-refractivity contribution in [3.8, 4) is 0 Å². The Bertz CT molecular complexity index is 219. The highest BCUT2D eigenvalue weighted by Gasteiger charge is 2.26. The van der Waals surface area contributed by atoms with E-state index in [4.69, 9.17) is 5.11 Å².